The Balaban J connectivity index is 3.65. The van der Waals surface area contributed by atoms with Crippen molar-refractivity contribution >= 4 is 5.84 Å². The third-order valence-corrected chi connectivity index (χ3v) is 2.33. The maximum atomic E-state index is 8.46. The van der Waals surface area contributed by atoms with Crippen LogP contribution in [0.25, 0.3) is 0 Å². The topological polar surface area (TPSA) is 70.6 Å². The predicted octanol–water partition coefficient (Wildman–Crippen LogP) is 1.68. The van der Waals surface area contributed by atoms with Crippen molar-refractivity contribution in [2.75, 3.05) is 0 Å². The van der Waals surface area contributed by atoms with E-state index in [-0.39, 0.29) is 11.9 Å². The van der Waals surface area contributed by atoms with Gasteiger partial charge in [0, 0.05) is 6.04 Å². The van der Waals surface area contributed by atoms with Crippen LogP contribution in [0.5, 0.6) is 0 Å². The molecule has 14 heavy (non-hydrogen) atoms. The zero-order chi connectivity index (χ0) is 11.0. The highest BCUT2D eigenvalue weighted by molar-refractivity contribution is 5.84. The third kappa shape index (κ3) is 5.80. The minimum Gasteiger partial charge on any atom is -0.409 e. The van der Waals surface area contributed by atoms with Gasteiger partial charge in [0.05, 0.1) is 6.04 Å². The molecule has 0 aromatic heterocycles. The second-order valence-electron chi connectivity index (χ2n) is 3.81. The van der Waals surface area contributed by atoms with Crippen molar-refractivity contribution in [3.63, 3.8) is 0 Å². The van der Waals surface area contributed by atoms with Crippen LogP contribution < -0.4 is 11.1 Å². The fourth-order valence-electron chi connectivity index (χ4n) is 1.38. The molecule has 0 rings (SSSR count). The van der Waals surface area contributed by atoms with E-state index in [1.54, 1.807) is 0 Å². The standard InChI is InChI=1S/C10H23N3O/c1-4-5-6-7-8(2)12-9(3)10(11)13-14/h8-9,12,14H,4-7H2,1-3H3,(H2,11,13). The molecular weight excluding hydrogens is 178 g/mol. The quantitative estimate of drug-likeness (QED) is 0.193. The predicted molar refractivity (Wildman–Crippen MR) is 59.6 cm³/mol. The summed E-state index contributed by atoms with van der Waals surface area (Å²) in [4.78, 5) is 0. The lowest BCUT2D eigenvalue weighted by molar-refractivity contribution is 0.314. The van der Waals surface area contributed by atoms with Gasteiger partial charge in [0.15, 0.2) is 5.84 Å². The van der Waals surface area contributed by atoms with Crippen LogP contribution in [0.1, 0.15) is 46.5 Å². The van der Waals surface area contributed by atoms with Gasteiger partial charge in [0.25, 0.3) is 0 Å². The maximum absolute atomic E-state index is 8.46. The van der Waals surface area contributed by atoms with Gasteiger partial charge in [-0.2, -0.15) is 0 Å². The van der Waals surface area contributed by atoms with E-state index in [0.717, 1.165) is 6.42 Å². The summed E-state index contributed by atoms with van der Waals surface area (Å²) in [6, 6.07) is 0.355. The molecule has 4 N–H and O–H groups in total. The average Bonchev–Trinajstić information content (AvgIpc) is 2.16. The van der Waals surface area contributed by atoms with Gasteiger partial charge in [-0.05, 0) is 20.3 Å². The molecule has 0 saturated heterocycles. The van der Waals surface area contributed by atoms with E-state index in [0.29, 0.717) is 6.04 Å². The summed E-state index contributed by atoms with van der Waals surface area (Å²) >= 11 is 0. The number of nitrogens with one attached hydrogen (secondary N) is 1. The van der Waals surface area contributed by atoms with Crippen molar-refractivity contribution in [1.29, 1.82) is 0 Å². The molecule has 2 atom stereocenters. The lowest BCUT2D eigenvalue weighted by Crippen LogP contribution is -2.43. The van der Waals surface area contributed by atoms with E-state index in [1.165, 1.54) is 19.3 Å². The van der Waals surface area contributed by atoms with E-state index < -0.39 is 0 Å². The minimum absolute atomic E-state index is 0.0587. The molecule has 0 bridgehead atoms. The molecule has 2 unspecified atom stereocenters. The Morgan fingerprint density at radius 1 is 1.43 bits per heavy atom. The number of nitrogens with zero attached hydrogens (tertiary/aromatic N) is 1. The van der Waals surface area contributed by atoms with Gasteiger partial charge in [-0.3, -0.25) is 0 Å². The lowest BCUT2D eigenvalue weighted by atomic mass is 10.1. The highest BCUT2D eigenvalue weighted by Crippen LogP contribution is 2.03. The van der Waals surface area contributed by atoms with Crippen LogP contribution in [0.15, 0.2) is 5.16 Å². The third-order valence-electron chi connectivity index (χ3n) is 2.33. The number of unbranched alkanes of at least 4 members (excludes halogenated alkanes) is 2. The molecule has 4 nitrogen and oxygen atoms in total. The molecule has 4 heteroatoms. The van der Waals surface area contributed by atoms with Crippen LogP contribution in [0, 0.1) is 0 Å². The molecule has 0 fully saturated rings. The fourth-order valence-corrected chi connectivity index (χ4v) is 1.38. The molecule has 0 spiro atoms. The molecule has 0 aliphatic rings. The van der Waals surface area contributed by atoms with Crippen LogP contribution in [0.3, 0.4) is 0 Å². The summed E-state index contributed by atoms with van der Waals surface area (Å²) in [5.41, 5.74) is 5.46. The van der Waals surface area contributed by atoms with E-state index in [1.807, 2.05) is 6.92 Å². The van der Waals surface area contributed by atoms with Crippen molar-refractivity contribution < 1.29 is 5.21 Å². The molecular formula is C10H23N3O. The Kier molecular flexibility index (Phi) is 7.20. The summed E-state index contributed by atoms with van der Waals surface area (Å²) in [5, 5.41) is 14.7. The van der Waals surface area contributed by atoms with Crippen molar-refractivity contribution in [1.82, 2.24) is 5.32 Å². The van der Waals surface area contributed by atoms with E-state index in [9.17, 15) is 0 Å². The van der Waals surface area contributed by atoms with Crippen molar-refractivity contribution in [2.24, 2.45) is 10.9 Å². The first-order chi connectivity index (χ1) is 6.61. The van der Waals surface area contributed by atoms with Crippen LogP contribution in [0.2, 0.25) is 0 Å². The summed E-state index contributed by atoms with van der Waals surface area (Å²) in [7, 11) is 0. The van der Waals surface area contributed by atoms with Crippen LogP contribution in [-0.4, -0.2) is 23.1 Å². The number of amidine groups is 1. The van der Waals surface area contributed by atoms with Crippen LogP contribution >= 0.6 is 0 Å². The van der Waals surface area contributed by atoms with Gasteiger partial charge in [0.2, 0.25) is 0 Å². The van der Waals surface area contributed by atoms with Gasteiger partial charge in [0.1, 0.15) is 0 Å². The molecule has 0 aliphatic heterocycles. The molecule has 0 aromatic carbocycles. The molecule has 0 heterocycles. The largest absolute Gasteiger partial charge is 0.409 e. The molecule has 0 amide bonds. The number of rotatable bonds is 7. The monoisotopic (exact) mass is 201 g/mol. The van der Waals surface area contributed by atoms with Gasteiger partial charge in [-0.1, -0.05) is 31.3 Å². The Labute approximate surface area is 86.6 Å². The number of hydrogen-bond acceptors (Lipinski definition) is 3. The minimum atomic E-state index is -0.0587. The van der Waals surface area contributed by atoms with Gasteiger partial charge >= 0.3 is 0 Å². The Hall–Kier alpha value is -0.770. The van der Waals surface area contributed by atoms with E-state index >= 15 is 0 Å². The molecule has 84 valence electrons. The fraction of sp³-hybridized carbons (Fsp3) is 0.900. The summed E-state index contributed by atoms with van der Waals surface area (Å²) < 4.78 is 0. The Morgan fingerprint density at radius 3 is 2.57 bits per heavy atom. The second kappa shape index (κ2) is 7.62. The maximum Gasteiger partial charge on any atom is 0.156 e. The Bertz CT molecular complexity index is 171. The average molecular weight is 201 g/mol. The number of nitrogens with two attached hydrogens (primary N) is 1. The number of oxime groups is 1. The first-order valence-electron chi connectivity index (χ1n) is 5.35. The van der Waals surface area contributed by atoms with Crippen molar-refractivity contribution in [2.45, 2.75) is 58.5 Å². The van der Waals surface area contributed by atoms with E-state index in [2.05, 4.69) is 24.3 Å². The van der Waals surface area contributed by atoms with Gasteiger partial charge in [-0.15, -0.1) is 0 Å². The first-order valence-corrected chi connectivity index (χ1v) is 5.35. The lowest BCUT2D eigenvalue weighted by Gasteiger charge is -2.18. The summed E-state index contributed by atoms with van der Waals surface area (Å²) in [5.74, 6) is 0.243. The molecule has 0 aromatic rings. The summed E-state index contributed by atoms with van der Waals surface area (Å²) in [6.07, 6.45) is 4.87. The highest BCUT2D eigenvalue weighted by atomic mass is 16.4. The Morgan fingerprint density at radius 2 is 2.07 bits per heavy atom. The second-order valence-corrected chi connectivity index (χ2v) is 3.81. The number of hydrogen-bond donors (Lipinski definition) is 3. The van der Waals surface area contributed by atoms with Crippen LogP contribution in [-0.2, 0) is 0 Å². The molecule has 0 radical (unpaired) electrons. The summed E-state index contributed by atoms with van der Waals surface area (Å²) in [6.45, 7) is 6.21. The first kappa shape index (κ1) is 13.2. The smallest absolute Gasteiger partial charge is 0.156 e. The molecule has 0 saturated carbocycles. The van der Waals surface area contributed by atoms with Crippen molar-refractivity contribution in [3.8, 4) is 0 Å². The van der Waals surface area contributed by atoms with Gasteiger partial charge < -0.3 is 16.3 Å². The van der Waals surface area contributed by atoms with Crippen molar-refractivity contribution in [3.05, 3.63) is 0 Å². The zero-order valence-electron chi connectivity index (χ0n) is 9.45. The normalized spacial score (nSPS) is 16.6. The van der Waals surface area contributed by atoms with Gasteiger partial charge in [-0.25, -0.2) is 0 Å². The molecule has 0 aliphatic carbocycles. The zero-order valence-corrected chi connectivity index (χ0v) is 9.45. The van der Waals surface area contributed by atoms with Crippen LogP contribution in [0.4, 0.5) is 0 Å². The SMILES string of the molecule is CCCCCC(C)NC(C)C(N)=NO. The highest BCUT2D eigenvalue weighted by Gasteiger charge is 2.10. The van der Waals surface area contributed by atoms with E-state index in [4.69, 9.17) is 10.9 Å².